The summed E-state index contributed by atoms with van der Waals surface area (Å²) in [7, 11) is -2.43. The maximum Gasteiger partial charge on any atom is 0.374 e. The van der Waals surface area contributed by atoms with Gasteiger partial charge in [-0.1, -0.05) is 13.8 Å². The highest BCUT2D eigenvalue weighted by Crippen LogP contribution is 2.16. The highest BCUT2D eigenvalue weighted by atomic mass is 32.2. The van der Waals surface area contributed by atoms with Crippen molar-refractivity contribution in [3.63, 3.8) is 0 Å². The molecule has 0 spiro atoms. The van der Waals surface area contributed by atoms with Crippen LogP contribution in [0.25, 0.3) is 0 Å². The fraction of sp³-hybridized carbons (Fsp3) is 0.350. The van der Waals surface area contributed by atoms with Gasteiger partial charge in [0.1, 0.15) is 13.2 Å². The molecule has 0 bridgehead atoms. The van der Waals surface area contributed by atoms with Crippen LogP contribution in [0.15, 0.2) is 45.9 Å². The van der Waals surface area contributed by atoms with Crippen molar-refractivity contribution >= 4 is 27.9 Å². The third-order valence-corrected chi connectivity index (χ3v) is 6.42. The summed E-state index contributed by atoms with van der Waals surface area (Å²) in [5.74, 6) is -2.07. The molecule has 1 N–H and O–H groups in total. The van der Waals surface area contributed by atoms with Crippen LogP contribution in [-0.4, -0.2) is 57.3 Å². The molecule has 0 aliphatic rings. The maximum atomic E-state index is 12.5. The number of furan rings is 1. The standard InChI is InChI=1S/C20H24N2O8S/c1-4-22(5-2)31(26,27)16-8-6-14(7-9-16)19(24)21-12-17(23)30-13-15-10-11-29-18(15)20(25)28-3/h6-11H,4-5,12-13H2,1-3H3,(H,21,24). The van der Waals surface area contributed by atoms with Crippen LogP contribution in [0.3, 0.4) is 0 Å². The highest BCUT2D eigenvalue weighted by Gasteiger charge is 2.22. The Morgan fingerprint density at radius 1 is 1.06 bits per heavy atom. The first-order valence-corrected chi connectivity index (χ1v) is 10.9. The lowest BCUT2D eigenvalue weighted by molar-refractivity contribution is -0.143. The maximum absolute atomic E-state index is 12.5. The molecule has 31 heavy (non-hydrogen) atoms. The monoisotopic (exact) mass is 452 g/mol. The molecule has 0 fully saturated rings. The zero-order valence-electron chi connectivity index (χ0n) is 17.4. The Hall–Kier alpha value is -3.18. The molecule has 0 saturated heterocycles. The summed E-state index contributed by atoms with van der Waals surface area (Å²) < 4.78 is 40.8. The van der Waals surface area contributed by atoms with Gasteiger partial charge < -0.3 is 19.2 Å². The second kappa shape index (κ2) is 10.7. The number of hydrogen-bond donors (Lipinski definition) is 1. The van der Waals surface area contributed by atoms with E-state index in [0.717, 1.165) is 0 Å². The van der Waals surface area contributed by atoms with Gasteiger partial charge >= 0.3 is 11.9 Å². The molecule has 11 heteroatoms. The molecule has 1 aromatic heterocycles. The van der Waals surface area contributed by atoms with E-state index in [1.807, 2.05) is 0 Å². The van der Waals surface area contributed by atoms with Crippen molar-refractivity contribution in [2.75, 3.05) is 26.7 Å². The summed E-state index contributed by atoms with van der Waals surface area (Å²) >= 11 is 0. The fourth-order valence-electron chi connectivity index (χ4n) is 2.68. The summed E-state index contributed by atoms with van der Waals surface area (Å²) in [5.41, 5.74) is 0.519. The number of hydrogen-bond acceptors (Lipinski definition) is 8. The first-order valence-electron chi connectivity index (χ1n) is 9.43. The predicted molar refractivity (Wildman–Crippen MR) is 109 cm³/mol. The van der Waals surface area contributed by atoms with Gasteiger partial charge in [-0.2, -0.15) is 4.31 Å². The summed E-state index contributed by atoms with van der Waals surface area (Å²) in [6, 6.07) is 6.88. The van der Waals surface area contributed by atoms with E-state index in [1.54, 1.807) is 13.8 Å². The lowest BCUT2D eigenvalue weighted by atomic mass is 10.2. The van der Waals surface area contributed by atoms with Gasteiger partial charge in [0, 0.05) is 24.2 Å². The average molecular weight is 452 g/mol. The van der Waals surface area contributed by atoms with Gasteiger partial charge in [0.05, 0.1) is 18.3 Å². The normalized spacial score (nSPS) is 11.2. The van der Waals surface area contributed by atoms with Gasteiger partial charge in [-0.05, 0) is 30.3 Å². The Balaban J connectivity index is 1.90. The molecular formula is C20H24N2O8S. The van der Waals surface area contributed by atoms with Gasteiger partial charge in [0.25, 0.3) is 5.91 Å². The molecule has 2 rings (SSSR count). The smallest absolute Gasteiger partial charge is 0.374 e. The van der Waals surface area contributed by atoms with Crippen molar-refractivity contribution in [2.45, 2.75) is 25.3 Å². The van der Waals surface area contributed by atoms with Crippen LogP contribution in [-0.2, 0) is 30.9 Å². The molecule has 2 aromatic rings. The van der Waals surface area contributed by atoms with Gasteiger partial charge in [-0.3, -0.25) is 9.59 Å². The van der Waals surface area contributed by atoms with Crippen LogP contribution in [0.5, 0.6) is 0 Å². The van der Waals surface area contributed by atoms with E-state index >= 15 is 0 Å². The molecule has 0 saturated carbocycles. The number of carbonyl (C=O) groups is 3. The third-order valence-electron chi connectivity index (χ3n) is 4.36. The lowest BCUT2D eigenvalue weighted by Gasteiger charge is -2.18. The minimum atomic E-state index is -3.62. The average Bonchev–Trinajstić information content (AvgIpc) is 3.25. The molecular weight excluding hydrogens is 428 g/mol. The number of rotatable bonds is 10. The lowest BCUT2D eigenvalue weighted by Crippen LogP contribution is -2.31. The second-order valence-electron chi connectivity index (χ2n) is 6.22. The number of ether oxygens (including phenoxy) is 2. The molecule has 0 atom stereocenters. The minimum absolute atomic E-state index is 0.0703. The zero-order valence-corrected chi connectivity index (χ0v) is 18.2. The number of carbonyl (C=O) groups excluding carboxylic acids is 3. The molecule has 168 valence electrons. The molecule has 1 amide bonds. The van der Waals surface area contributed by atoms with Crippen molar-refractivity contribution in [1.29, 1.82) is 0 Å². The number of nitrogens with one attached hydrogen (secondary N) is 1. The van der Waals surface area contributed by atoms with Crippen LogP contribution in [0, 0.1) is 0 Å². The van der Waals surface area contributed by atoms with Crippen molar-refractivity contribution in [1.82, 2.24) is 9.62 Å². The van der Waals surface area contributed by atoms with Gasteiger partial charge in [-0.15, -0.1) is 0 Å². The first kappa shape index (κ1) is 24.1. The van der Waals surface area contributed by atoms with Crippen LogP contribution < -0.4 is 5.32 Å². The number of nitrogens with zero attached hydrogens (tertiary/aromatic N) is 1. The van der Waals surface area contributed by atoms with E-state index in [-0.39, 0.29) is 22.8 Å². The Labute approximate surface area is 180 Å². The van der Waals surface area contributed by atoms with E-state index in [0.29, 0.717) is 18.7 Å². The molecule has 0 unspecified atom stereocenters. The Kier molecular flexibility index (Phi) is 8.34. The number of sulfonamides is 1. The zero-order chi connectivity index (χ0) is 23.0. The highest BCUT2D eigenvalue weighted by molar-refractivity contribution is 7.89. The largest absolute Gasteiger partial charge is 0.463 e. The number of esters is 2. The topological polar surface area (TPSA) is 132 Å². The van der Waals surface area contributed by atoms with Crippen molar-refractivity contribution in [2.24, 2.45) is 0 Å². The van der Waals surface area contributed by atoms with Gasteiger partial charge in [-0.25, -0.2) is 13.2 Å². The van der Waals surface area contributed by atoms with Gasteiger partial charge in [0.15, 0.2) is 0 Å². The van der Waals surface area contributed by atoms with E-state index in [1.165, 1.54) is 48.0 Å². The predicted octanol–water partition coefficient (Wildman–Crippen LogP) is 1.57. The van der Waals surface area contributed by atoms with Gasteiger partial charge in [0.2, 0.25) is 15.8 Å². The molecule has 0 aliphatic carbocycles. The number of benzene rings is 1. The van der Waals surface area contributed by atoms with E-state index < -0.39 is 34.4 Å². The fourth-order valence-corrected chi connectivity index (χ4v) is 4.13. The molecule has 10 nitrogen and oxygen atoms in total. The summed E-state index contributed by atoms with van der Waals surface area (Å²) in [6.45, 7) is 3.51. The Morgan fingerprint density at radius 3 is 2.29 bits per heavy atom. The van der Waals surface area contributed by atoms with E-state index in [2.05, 4.69) is 10.1 Å². The third kappa shape index (κ3) is 5.92. The van der Waals surface area contributed by atoms with Crippen molar-refractivity contribution < 1.29 is 36.7 Å². The van der Waals surface area contributed by atoms with Crippen LogP contribution >= 0.6 is 0 Å². The van der Waals surface area contributed by atoms with Crippen molar-refractivity contribution in [3.8, 4) is 0 Å². The molecule has 1 aromatic carbocycles. The minimum Gasteiger partial charge on any atom is -0.463 e. The van der Waals surface area contributed by atoms with Crippen molar-refractivity contribution in [3.05, 3.63) is 53.5 Å². The first-order chi connectivity index (χ1) is 14.7. The number of amides is 1. The van der Waals surface area contributed by atoms with E-state index in [9.17, 15) is 22.8 Å². The Morgan fingerprint density at radius 2 is 1.71 bits per heavy atom. The Bertz CT molecular complexity index is 1020. The SMILES string of the molecule is CCN(CC)S(=O)(=O)c1ccc(C(=O)NCC(=O)OCc2ccoc2C(=O)OC)cc1. The number of methoxy groups -OCH3 is 1. The summed E-state index contributed by atoms with van der Waals surface area (Å²) in [5, 5.41) is 2.39. The van der Waals surface area contributed by atoms with Crippen LogP contribution in [0.4, 0.5) is 0 Å². The molecule has 1 heterocycles. The van der Waals surface area contributed by atoms with Crippen LogP contribution in [0.1, 0.15) is 40.3 Å². The second-order valence-corrected chi connectivity index (χ2v) is 8.16. The molecule has 0 radical (unpaired) electrons. The molecule has 0 aliphatic heterocycles. The summed E-state index contributed by atoms with van der Waals surface area (Å²) in [4.78, 5) is 35.7. The quantitative estimate of drug-likeness (QED) is 0.537. The van der Waals surface area contributed by atoms with Crippen LogP contribution in [0.2, 0.25) is 0 Å². The summed E-state index contributed by atoms with van der Waals surface area (Å²) in [6.07, 6.45) is 1.27. The van der Waals surface area contributed by atoms with E-state index in [4.69, 9.17) is 9.15 Å².